The van der Waals surface area contributed by atoms with Crippen LogP contribution >= 0.6 is 27.5 Å². The van der Waals surface area contributed by atoms with E-state index in [1.807, 2.05) is 13.8 Å². The number of carbonyl (C=O) groups is 1. The van der Waals surface area contributed by atoms with Crippen LogP contribution in [-0.2, 0) is 11.3 Å². The van der Waals surface area contributed by atoms with Gasteiger partial charge in [-0.25, -0.2) is 4.39 Å². The molecule has 0 bridgehead atoms. The van der Waals surface area contributed by atoms with Crippen LogP contribution in [0, 0.1) is 11.7 Å². The summed E-state index contributed by atoms with van der Waals surface area (Å²) in [7, 11) is 1.64. The monoisotopic (exact) mass is 335 g/mol. The fourth-order valence-electron chi connectivity index (χ4n) is 1.49. The van der Waals surface area contributed by atoms with E-state index in [1.165, 1.54) is 11.0 Å². The number of halogens is 3. The summed E-state index contributed by atoms with van der Waals surface area (Å²) >= 11 is 9.27. The molecule has 0 heterocycles. The van der Waals surface area contributed by atoms with Crippen molar-refractivity contribution in [2.45, 2.75) is 25.2 Å². The van der Waals surface area contributed by atoms with Gasteiger partial charge in [0, 0.05) is 24.2 Å². The molecule has 0 aromatic heterocycles. The van der Waals surface area contributed by atoms with Gasteiger partial charge in [0.15, 0.2) is 0 Å². The first-order valence-electron chi connectivity index (χ1n) is 5.66. The van der Waals surface area contributed by atoms with Crippen LogP contribution in [0.15, 0.2) is 18.2 Å². The van der Waals surface area contributed by atoms with Crippen molar-refractivity contribution in [1.82, 2.24) is 4.90 Å². The zero-order valence-electron chi connectivity index (χ0n) is 10.6. The number of nitrogens with zero attached hydrogens (tertiary/aromatic N) is 1. The number of hydrogen-bond acceptors (Lipinski definition) is 1. The largest absolute Gasteiger partial charge is 0.340 e. The van der Waals surface area contributed by atoms with E-state index in [9.17, 15) is 9.18 Å². The van der Waals surface area contributed by atoms with Gasteiger partial charge in [0.25, 0.3) is 0 Å². The summed E-state index contributed by atoms with van der Waals surface area (Å²) < 4.78 is 13.6. The standard InChI is InChI=1S/C13H16BrClFNO/c1-8(2)12(14)13(18)17(3)7-9-10(15)5-4-6-11(9)16/h4-6,8,12H,7H2,1-3H3. The Balaban J connectivity index is 2.82. The van der Waals surface area contributed by atoms with Gasteiger partial charge in [-0.2, -0.15) is 0 Å². The molecular weight excluding hydrogens is 321 g/mol. The Bertz CT molecular complexity index is 419. The van der Waals surface area contributed by atoms with Crippen LogP contribution in [0.5, 0.6) is 0 Å². The second-order valence-corrected chi connectivity index (χ2v) is 5.93. The zero-order valence-corrected chi connectivity index (χ0v) is 12.9. The van der Waals surface area contributed by atoms with E-state index in [4.69, 9.17) is 11.6 Å². The number of benzene rings is 1. The molecule has 5 heteroatoms. The van der Waals surface area contributed by atoms with Gasteiger partial charge >= 0.3 is 0 Å². The minimum atomic E-state index is -0.391. The third-order valence-corrected chi connectivity index (χ3v) is 4.46. The van der Waals surface area contributed by atoms with Gasteiger partial charge in [-0.05, 0) is 18.1 Å². The van der Waals surface area contributed by atoms with Crippen molar-refractivity contribution in [1.29, 1.82) is 0 Å². The highest BCUT2D eigenvalue weighted by atomic mass is 79.9. The molecule has 0 saturated heterocycles. The first kappa shape index (κ1) is 15.4. The normalized spacial score (nSPS) is 12.6. The molecule has 0 spiro atoms. The maximum atomic E-state index is 13.6. The Labute approximate surface area is 120 Å². The highest BCUT2D eigenvalue weighted by Gasteiger charge is 2.23. The van der Waals surface area contributed by atoms with Gasteiger partial charge in [-0.15, -0.1) is 0 Å². The summed E-state index contributed by atoms with van der Waals surface area (Å²) in [6.07, 6.45) is 0. The number of alkyl halides is 1. The predicted molar refractivity (Wildman–Crippen MR) is 75.4 cm³/mol. The van der Waals surface area contributed by atoms with Crippen LogP contribution in [0.2, 0.25) is 5.02 Å². The van der Waals surface area contributed by atoms with Crippen LogP contribution in [0.1, 0.15) is 19.4 Å². The van der Waals surface area contributed by atoms with Gasteiger partial charge in [0.1, 0.15) is 5.82 Å². The summed E-state index contributed by atoms with van der Waals surface area (Å²) in [4.78, 5) is 13.2. The molecule has 0 radical (unpaired) electrons. The van der Waals surface area contributed by atoms with Gasteiger partial charge in [0.2, 0.25) is 5.91 Å². The van der Waals surface area contributed by atoms with E-state index in [0.29, 0.717) is 10.6 Å². The summed E-state index contributed by atoms with van der Waals surface area (Å²) in [5, 5.41) is 0.338. The molecule has 0 aliphatic heterocycles. The summed E-state index contributed by atoms with van der Waals surface area (Å²) in [5.41, 5.74) is 0.346. The smallest absolute Gasteiger partial charge is 0.236 e. The molecule has 1 rings (SSSR count). The Morgan fingerprint density at radius 2 is 2.11 bits per heavy atom. The van der Waals surface area contributed by atoms with Crippen molar-refractivity contribution in [3.05, 3.63) is 34.6 Å². The first-order chi connectivity index (χ1) is 8.34. The van der Waals surface area contributed by atoms with Crippen molar-refractivity contribution >= 4 is 33.4 Å². The molecule has 2 nitrogen and oxygen atoms in total. The van der Waals surface area contributed by atoms with E-state index < -0.39 is 5.82 Å². The molecule has 0 saturated carbocycles. The van der Waals surface area contributed by atoms with Crippen molar-refractivity contribution in [2.24, 2.45) is 5.92 Å². The summed E-state index contributed by atoms with van der Waals surface area (Å²) in [6.45, 7) is 4.06. The van der Waals surface area contributed by atoms with E-state index in [1.54, 1.807) is 19.2 Å². The average Bonchev–Trinajstić information content (AvgIpc) is 2.31. The highest BCUT2D eigenvalue weighted by Crippen LogP contribution is 2.22. The second-order valence-electron chi connectivity index (χ2n) is 4.54. The molecule has 1 aromatic carbocycles. The predicted octanol–water partition coefficient (Wildman–Crippen LogP) is 3.86. The first-order valence-corrected chi connectivity index (χ1v) is 6.96. The van der Waals surface area contributed by atoms with Crippen molar-refractivity contribution in [2.75, 3.05) is 7.05 Å². The molecule has 0 fully saturated rings. The van der Waals surface area contributed by atoms with Crippen molar-refractivity contribution in [3.63, 3.8) is 0 Å². The van der Waals surface area contributed by atoms with Gasteiger partial charge in [-0.3, -0.25) is 4.79 Å². The lowest BCUT2D eigenvalue weighted by Crippen LogP contribution is -2.35. The van der Waals surface area contributed by atoms with Crippen LogP contribution in [0.25, 0.3) is 0 Å². The van der Waals surface area contributed by atoms with E-state index in [2.05, 4.69) is 15.9 Å². The number of rotatable bonds is 4. The highest BCUT2D eigenvalue weighted by molar-refractivity contribution is 9.10. The third-order valence-electron chi connectivity index (χ3n) is 2.65. The number of amides is 1. The van der Waals surface area contributed by atoms with Crippen molar-refractivity contribution < 1.29 is 9.18 Å². The van der Waals surface area contributed by atoms with E-state index in [-0.39, 0.29) is 23.2 Å². The lowest BCUT2D eigenvalue weighted by Gasteiger charge is -2.23. The minimum absolute atomic E-state index is 0.0793. The van der Waals surface area contributed by atoms with Gasteiger partial charge in [0.05, 0.1) is 4.83 Å². The van der Waals surface area contributed by atoms with Crippen molar-refractivity contribution in [3.8, 4) is 0 Å². The van der Waals surface area contributed by atoms with Crippen LogP contribution in [-0.4, -0.2) is 22.7 Å². The Hall–Kier alpha value is -0.610. The number of hydrogen-bond donors (Lipinski definition) is 0. The maximum absolute atomic E-state index is 13.6. The molecular formula is C13H16BrClFNO. The topological polar surface area (TPSA) is 20.3 Å². The molecule has 100 valence electrons. The molecule has 1 atom stereocenters. The summed E-state index contributed by atoms with van der Waals surface area (Å²) in [6, 6.07) is 4.50. The van der Waals surface area contributed by atoms with Crippen LogP contribution < -0.4 is 0 Å². The Kier molecular flexibility index (Phi) is 5.60. The molecule has 1 amide bonds. The molecule has 0 aliphatic rings. The van der Waals surface area contributed by atoms with Crippen LogP contribution in [0.4, 0.5) is 4.39 Å². The summed E-state index contributed by atoms with van der Waals surface area (Å²) in [5.74, 6) is -0.293. The zero-order chi connectivity index (χ0) is 13.9. The average molecular weight is 337 g/mol. The quantitative estimate of drug-likeness (QED) is 0.765. The lowest BCUT2D eigenvalue weighted by atomic mass is 10.1. The van der Waals surface area contributed by atoms with E-state index in [0.717, 1.165) is 0 Å². The number of carbonyl (C=O) groups excluding carboxylic acids is 1. The second kappa shape index (κ2) is 6.53. The molecule has 0 N–H and O–H groups in total. The lowest BCUT2D eigenvalue weighted by molar-refractivity contribution is -0.130. The molecule has 18 heavy (non-hydrogen) atoms. The van der Waals surface area contributed by atoms with Gasteiger partial charge < -0.3 is 4.90 Å². The molecule has 0 aliphatic carbocycles. The Morgan fingerprint density at radius 3 is 2.61 bits per heavy atom. The third kappa shape index (κ3) is 3.69. The fourth-order valence-corrected chi connectivity index (χ4v) is 2.07. The molecule has 1 aromatic rings. The maximum Gasteiger partial charge on any atom is 0.236 e. The minimum Gasteiger partial charge on any atom is -0.340 e. The fraction of sp³-hybridized carbons (Fsp3) is 0.462. The van der Waals surface area contributed by atoms with Gasteiger partial charge in [-0.1, -0.05) is 47.4 Å². The SMILES string of the molecule is CC(C)C(Br)C(=O)N(C)Cc1c(F)cccc1Cl. The Morgan fingerprint density at radius 1 is 1.50 bits per heavy atom. The molecule has 1 unspecified atom stereocenters. The van der Waals surface area contributed by atoms with E-state index >= 15 is 0 Å². The van der Waals surface area contributed by atoms with Crippen LogP contribution in [0.3, 0.4) is 0 Å².